The fraction of sp³-hybridized carbons (Fsp3) is 0.167. The largest absolute Gasteiger partial charge is 0.497 e. The molecule has 0 unspecified atom stereocenters. The standard InChI is InChI=1S/C18H16N4O2/c1-24-12-4-2-3-11(9-12)17-19-7-6-15(22-17)16-10-13-14(21-16)5-8-20-18(13)23/h2-4,6-7,9-10,21H,5,8H2,1H3,(H,20,23). The Labute approximate surface area is 138 Å². The molecule has 2 N–H and O–H groups in total. The number of carbonyl (C=O) groups excluding carboxylic acids is 1. The highest BCUT2D eigenvalue weighted by molar-refractivity contribution is 5.97. The molecule has 6 heteroatoms. The highest BCUT2D eigenvalue weighted by Gasteiger charge is 2.20. The molecule has 4 rings (SSSR count). The summed E-state index contributed by atoms with van der Waals surface area (Å²) in [6.07, 6.45) is 2.52. The summed E-state index contributed by atoms with van der Waals surface area (Å²) in [6.45, 7) is 0.657. The average molecular weight is 320 g/mol. The van der Waals surface area contributed by atoms with Crippen LogP contribution in [-0.4, -0.2) is 34.5 Å². The predicted molar refractivity (Wildman–Crippen MR) is 89.8 cm³/mol. The monoisotopic (exact) mass is 320 g/mol. The van der Waals surface area contributed by atoms with Crippen LogP contribution in [0.2, 0.25) is 0 Å². The minimum Gasteiger partial charge on any atom is -0.497 e. The first kappa shape index (κ1) is 14.4. The molecule has 0 atom stereocenters. The number of nitrogens with one attached hydrogen (secondary N) is 2. The second-order valence-corrected chi connectivity index (χ2v) is 5.58. The Balaban J connectivity index is 1.74. The van der Waals surface area contributed by atoms with Crippen molar-refractivity contribution in [1.82, 2.24) is 20.3 Å². The van der Waals surface area contributed by atoms with E-state index in [1.807, 2.05) is 36.4 Å². The molecule has 0 bridgehead atoms. The van der Waals surface area contributed by atoms with E-state index in [4.69, 9.17) is 4.74 Å². The molecule has 0 fully saturated rings. The molecule has 1 aromatic carbocycles. The van der Waals surface area contributed by atoms with Crippen LogP contribution in [0.5, 0.6) is 5.75 Å². The number of carbonyl (C=O) groups is 1. The molecular weight excluding hydrogens is 304 g/mol. The van der Waals surface area contributed by atoms with Crippen LogP contribution in [0.25, 0.3) is 22.8 Å². The summed E-state index contributed by atoms with van der Waals surface area (Å²) in [7, 11) is 1.63. The van der Waals surface area contributed by atoms with Crippen LogP contribution in [0.4, 0.5) is 0 Å². The summed E-state index contributed by atoms with van der Waals surface area (Å²) >= 11 is 0. The molecule has 0 aliphatic carbocycles. The third kappa shape index (κ3) is 2.52. The van der Waals surface area contributed by atoms with Crippen molar-refractivity contribution >= 4 is 5.91 Å². The summed E-state index contributed by atoms with van der Waals surface area (Å²) in [5.41, 5.74) is 4.10. The van der Waals surface area contributed by atoms with Gasteiger partial charge in [-0.25, -0.2) is 9.97 Å². The van der Waals surface area contributed by atoms with Gasteiger partial charge in [-0.05, 0) is 24.3 Å². The van der Waals surface area contributed by atoms with Crippen molar-refractivity contribution < 1.29 is 9.53 Å². The normalized spacial score (nSPS) is 13.3. The summed E-state index contributed by atoms with van der Waals surface area (Å²) in [5.74, 6) is 1.33. The molecule has 1 aliphatic rings. The Bertz CT molecular complexity index is 917. The molecule has 120 valence electrons. The van der Waals surface area contributed by atoms with Gasteiger partial charge in [0.1, 0.15) is 5.75 Å². The average Bonchev–Trinajstić information content (AvgIpc) is 3.08. The number of fused-ring (bicyclic) bond motifs is 1. The molecule has 24 heavy (non-hydrogen) atoms. The number of aromatic amines is 1. The summed E-state index contributed by atoms with van der Waals surface area (Å²) in [5, 5.41) is 2.85. The predicted octanol–water partition coefficient (Wildman–Crippen LogP) is 2.43. The van der Waals surface area contributed by atoms with Crippen LogP contribution in [0, 0.1) is 0 Å². The minimum absolute atomic E-state index is 0.0409. The zero-order valence-corrected chi connectivity index (χ0v) is 13.2. The first-order chi connectivity index (χ1) is 11.7. The SMILES string of the molecule is COc1cccc(-c2nccc(-c3cc4c([nH]3)CCNC4=O)n2)c1. The molecule has 0 saturated heterocycles. The zero-order valence-electron chi connectivity index (χ0n) is 13.2. The first-order valence-electron chi connectivity index (χ1n) is 7.72. The van der Waals surface area contributed by atoms with E-state index >= 15 is 0 Å². The van der Waals surface area contributed by atoms with Crippen molar-refractivity contribution in [3.8, 4) is 28.5 Å². The number of ether oxygens (including phenoxy) is 1. The number of hydrogen-bond acceptors (Lipinski definition) is 4. The fourth-order valence-electron chi connectivity index (χ4n) is 2.84. The van der Waals surface area contributed by atoms with E-state index in [1.54, 1.807) is 13.3 Å². The smallest absolute Gasteiger partial charge is 0.253 e. The highest BCUT2D eigenvalue weighted by atomic mass is 16.5. The molecule has 0 spiro atoms. The Morgan fingerprint density at radius 2 is 2.12 bits per heavy atom. The Morgan fingerprint density at radius 1 is 1.21 bits per heavy atom. The molecule has 6 nitrogen and oxygen atoms in total. The molecule has 3 heterocycles. The van der Waals surface area contributed by atoms with Crippen LogP contribution in [0.3, 0.4) is 0 Å². The Kier molecular flexibility index (Phi) is 3.49. The number of aromatic nitrogens is 3. The van der Waals surface area contributed by atoms with Crippen molar-refractivity contribution in [2.24, 2.45) is 0 Å². The quantitative estimate of drug-likeness (QED) is 0.777. The van der Waals surface area contributed by atoms with Crippen LogP contribution in [-0.2, 0) is 6.42 Å². The maximum Gasteiger partial charge on any atom is 0.253 e. The molecular formula is C18H16N4O2. The van der Waals surface area contributed by atoms with Gasteiger partial charge >= 0.3 is 0 Å². The summed E-state index contributed by atoms with van der Waals surface area (Å²) in [6, 6.07) is 11.3. The van der Waals surface area contributed by atoms with Gasteiger partial charge in [-0.2, -0.15) is 0 Å². The highest BCUT2D eigenvalue weighted by Crippen LogP contribution is 2.25. The van der Waals surface area contributed by atoms with Gasteiger partial charge in [0.15, 0.2) is 5.82 Å². The van der Waals surface area contributed by atoms with Crippen molar-refractivity contribution in [3.05, 3.63) is 53.9 Å². The van der Waals surface area contributed by atoms with Crippen molar-refractivity contribution in [3.63, 3.8) is 0 Å². The first-order valence-corrected chi connectivity index (χ1v) is 7.72. The van der Waals surface area contributed by atoms with E-state index in [2.05, 4.69) is 20.3 Å². The summed E-state index contributed by atoms with van der Waals surface area (Å²) in [4.78, 5) is 24.2. The Hall–Kier alpha value is -3.15. The number of rotatable bonds is 3. The lowest BCUT2D eigenvalue weighted by Gasteiger charge is -2.10. The number of methoxy groups -OCH3 is 1. The summed E-state index contributed by atoms with van der Waals surface area (Å²) < 4.78 is 5.25. The van der Waals surface area contributed by atoms with E-state index in [0.29, 0.717) is 17.9 Å². The van der Waals surface area contributed by atoms with Gasteiger partial charge in [0.05, 0.1) is 24.1 Å². The number of amides is 1. The van der Waals surface area contributed by atoms with Crippen molar-refractivity contribution in [2.45, 2.75) is 6.42 Å². The van der Waals surface area contributed by atoms with E-state index in [0.717, 1.165) is 34.8 Å². The van der Waals surface area contributed by atoms with Gasteiger partial charge in [0, 0.05) is 30.4 Å². The van der Waals surface area contributed by atoms with Crippen LogP contribution >= 0.6 is 0 Å². The minimum atomic E-state index is -0.0409. The molecule has 0 radical (unpaired) electrons. The van der Waals surface area contributed by atoms with E-state index < -0.39 is 0 Å². The van der Waals surface area contributed by atoms with E-state index in [1.165, 1.54) is 0 Å². The second kappa shape index (κ2) is 5.81. The van der Waals surface area contributed by atoms with Gasteiger partial charge in [0.2, 0.25) is 0 Å². The number of nitrogens with zero attached hydrogens (tertiary/aromatic N) is 2. The lowest BCUT2D eigenvalue weighted by molar-refractivity contribution is 0.0946. The van der Waals surface area contributed by atoms with Gasteiger partial charge in [-0.15, -0.1) is 0 Å². The van der Waals surface area contributed by atoms with E-state index in [9.17, 15) is 4.79 Å². The zero-order chi connectivity index (χ0) is 16.5. The van der Waals surface area contributed by atoms with Gasteiger partial charge in [-0.1, -0.05) is 12.1 Å². The molecule has 2 aromatic heterocycles. The lowest BCUT2D eigenvalue weighted by Crippen LogP contribution is -2.31. The molecule has 1 aliphatic heterocycles. The Morgan fingerprint density at radius 3 is 2.96 bits per heavy atom. The molecule has 3 aromatic rings. The van der Waals surface area contributed by atoms with Crippen molar-refractivity contribution in [2.75, 3.05) is 13.7 Å². The molecule has 1 amide bonds. The van der Waals surface area contributed by atoms with Crippen LogP contribution < -0.4 is 10.1 Å². The maximum atomic E-state index is 11.9. The lowest BCUT2D eigenvalue weighted by atomic mass is 10.1. The second-order valence-electron chi connectivity index (χ2n) is 5.58. The maximum absolute atomic E-state index is 11.9. The van der Waals surface area contributed by atoms with E-state index in [-0.39, 0.29) is 5.91 Å². The third-order valence-electron chi connectivity index (χ3n) is 4.06. The van der Waals surface area contributed by atoms with Gasteiger partial charge in [0.25, 0.3) is 5.91 Å². The topological polar surface area (TPSA) is 79.9 Å². The number of hydrogen-bond donors (Lipinski definition) is 2. The number of H-pyrrole nitrogens is 1. The fourth-order valence-corrected chi connectivity index (χ4v) is 2.84. The van der Waals surface area contributed by atoms with Gasteiger partial charge < -0.3 is 15.0 Å². The van der Waals surface area contributed by atoms with Crippen LogP contribution in [0.1, 0.15) is 16.1 Å². The third-order valence-corrected chi connectivity index (χ3v) is 4.06. The molecule has 0 saturated carbocycles. The van der Waals surface area contributed by atoms with Crippen LogP contribution in [0.15, 0.2) is 42.6 Å². The van der Waals surface area contributed by atoms with Gasteiger partial charge in [-0.3, -0.25) is 4.79 Å². The van der Waals surface area contributed by atoms with Crippen molar-refractivity contribution in [1.29, 1.82) is 0 Å². The number of benzene rings is 1.